The summed E-state index contributed by atoms with van der Waals surface area (Å²) in [5, 5.41) is 17.4. The van der Waals surface area contributed by atoms with Gasteiger partial charge in [-0.05, 0) is 73.0 Å². The first kappa shape index (κ1) is 29.5. The molecule has 0 aliphatic heterocycles. The Morgan fingerprint density at radius 1 is 0.951 bits per heavy atom. The summed E-state index contributed by atoms with van der Waals surface area (Å²) in [5.41, 5.74) is 8.22. The van der Waals surface area contributed by atoms with E-state index >= 15 is 0 Å². The number of methoxy groups -OCH3 is 1. The average molecular weight is 572 g/mol. The number of carbonyl (C=O) groups excluding carboxylic acids is 2. The second kappa shape index (κ2) is 14.2. The maximum absolute atomic E-state index is 13.1. The van der Waals surface area contributed by atoms with Crippen molar-refractivity contribution in [2.45, 2.75) is 29.9 Å². The van der Waals surface area contributed by atoms with Crippen LogP contribution in [0.3, 0.4) is 0 Å². The van der Waals surface area contributed by atoms with Crippen LogP contribution < -0.4 is 16.4 Å². The molecule has 2 amide bonds. The van der Waals surface area contributed by atoms with Gasteiger partial charge in [0.2, 0.25) is 5.91 Å². The zero-order valence-corrected chi connectivity index (χ0v) is 23.7. The van der Waals surface area contributed by atoms with Crippen LogP contribution in [-0.2, 0) is 14.3 Å². The molecule has 4 aromatic carbocycles. The Bertz CT molecular complexity index is 1520. The molecule has 5 N–H and O–H groups in total. The zero-order valence-electron chi connectivity index (χ0n) is 22.9. The Balaban J connectivity index is 1.52. The average Bonchev–Trinajstić information content (AvgIpc) is 2.98. The number of rotatable bonds is 11. The summed E-state index contributed by atoms with van der Waals surface area (Å²) in [5.74, 6) is -0.176. The van der Waals surface area contributed by atoms with Crippen LogP contribution in [0.25, 0.3) is 10.8 Å². The molecule has 0 aromatic heterocycles. The van der Waals surface area contributed by atoms with Gasteiger partial charge in [-0.25, -0.2) is 4.79 Å². The number of anilines is 3. The van der Waals surface area contributed by atoms with Crippen LogP contribution in [0.2, 0.25) is 0 Å². The number of hydrogen-bond donors (Lipinski definition) is 4. The van der Waals surface area contributed by atoms with Crippen molar-refractivity contribution >= 4 is 51.6 Å². The van der Waals surface area contributed by atoms with E-state index < -0.39 is 18.3 Å². The molecule has 0 bridgehead atoms. The van der Waals surface area contributed by atoms with Crippen molar-refractivity contribution in [3.63, 3.8) is 0 Å². The molecule has 0 aliphatic rings. The van der Waals surface area contributed by atoms with Gasteiger partial charge in [-0.15, -0.1) is 11.8 Å². The van der Waals surface area contributed by atoms with Gasteiger partial charge < -0.3 is 25.6 Å². The number of fused-ring (bicyclic) bond motifs is 1. The standard InChI is InChI=1S/C32H33N3O5S/c1-39-29(13-7-8-14-30(37)35-27-12-6-5-11-26(27)33)31(25-19-20-28(36)24-10-4-3-9-23(24)25)40-32(38)34-21-15-17-22(41-2)18-16-21/h3-6,8-12,14-20,29,31,36H,7,13,33H2,1-2H3,(H,34,38)(H,35,37)/b14-8+/t29-,31-/m0/s1. The van der Waals surface area contributed by atoms with Gasteiger partial charge in [0.15, 0.2) is 6.10 Å². The van der Waals surface area contributed by atoms with Crippen molar-refractivity contribution in [1.29, 1.82) is 0 Å². The topological polar surface area (TPSA) is 123 Å². The molecule has 212 valence electrons. The minimum Gasteiger partial charge on any atom is -0.507 e. The number of nitrogen functional groups attached to an aromatic ring is 1. The molecule has 4 aromatic rings. The fourth-order valence-corrected chi connectivity index (χ4v) is 4.87. The van der Waals surface area contributed by atoms with Crippen LogP contribution in [0, 0.1) is 0 Å². The minimum absolute atomic E-state index is 0.128. The van der Waals surface area contributed by atoms with Crippen molar-refractivity contribution < 1.29 is 24.2 Å². The predicted molar refractivity (Wildman–Crippen MR) is 165 cm³/mol. The highest BCUT2D eigenvalue weighted by atomic mass is 32.2. The fraction of sp³-hybridized carbons (Fsp3) is 0.188. The number of benzene rings is 4. The first-order valence-corrected chi connectivity index (χ1v) is 14.3. The quantitative estimate of drug-likeness (QED) is 0.0858. The highest BCUT2D eigenvalue weighted by Crippen LogP contribution is 2.36. The molecule has 0 heterocycles. The van der Waals surface area contributed by atoms with Crippen molar-refractivity contribution in [1.82, 2.24) is 0 Å². The summed E-state index contributed by atoms with van der Waals surface area (Å²) < 4.78 is 11.8. The third-order valence-corrected chi connectivity index (χ3v) is 7.30. The van der Waals surface area contributed by atoms with Gasteiger partial charge in [0.1, 0.15) is 5.75 Å². The Labute approximate surface area is 243 Å². The van der Waals surface area contributed by atoms with Gasteiger partial charge in [-0.1, -0.05) is 48.5 Å². The lowest BCUT2D eigenvalue weighted by Crippen LogP contribution is -2.28. The molecule has 9 heteroatoms. The first-order valence-electron chi connectivity index (χ1n) is 13.1. The molecule has 0 unspecified atom stereocenters. The lowest BCUT2D eigenvalue weighted by molar-refractivity contribution is -0.111. The number of amides is 2. The maximum atomic E-state index is 13.1. The molecule has 8 nitrogen and oxygen atoms in total. The lowest BCUT2D eigenvalue weighted by atomic mass is 9.94. The number of thioether (sulfide) groups is 1. The fourth-order valence-electron chi connectivity index (χ4n) is 4.46. The Hall–Kier alpha value is -4.47. The number of ether oxygens (including phenoxy) is 2. The SMILES string of the molecule is CO[C@@H](CC/C=C/C(=O)Nc1ccccc1N)[C@@H](OC(=O)Nc1ccc(SC)cc1)c1ccc(O)c2ccccc12. The van der Waals surface area contributed by atoms with Gasteiger partial charge in [-0.2, -0.15) is 0 Å². The summed E-state index contributed by atoms with van der Waals surface area (Å²) in [6.07, 6.45) is 4.09. The largest absolute Gasteiger partial charge is 0.507 e. The van der Waals surface area contributed by atoms with Crippen LogP contribution in [0.4, 0.5) is 21.9 Å². The number of allylic oxidation sites excluding steroid dienone is 1. The summed E-state index contributed by atoms with van der Waals surface area (Å²) in [6, 6.07) is 25.2. The van der Waals surface area contributed by atoms with E-state index in [1.165, 1.54) is 6.08 Å². The zero-order chi connectivity index (χ0) is 29.2. The van der Waals surface area contributed by atoms with Crippen molar-refractivity contribution in [3.8, 4) is 5.75 Å². The molecule has 0 fully saturated rings. The van der Waals surface area contributed by atoms with E-state index in [-0.39, 0.29) is 11.7 Å². The van der Waals surface area contributed by atoms with E-state index in [9.17, 15) is 14.7 Å². The summed E-state index contributed by atoms with van der Waals surface area (Å²) in [6.45, 7) is 0. The normalized spacial score (nSPS) is 12.6. The highest BCUT2D eigenvalue weighted by Gasteiger charge is 2.29. The molecule has 0 spiro atoms. The number of para-hydroxylation sites is 2. The second-order valence-electron chi connectivity index (χ2n) is 9.23. The van der Waals surface area contributed by atoms with E-state index in [1.54, 1.807) is 67.4 Å². The number of aromatic hydroxyl groups is 1. The summed E-state index contributed by atoms with van der Waals surface area (Å²) in [4.78, 5) is 26.5. The van der Waals surface area contributed by atoms with Crippen LogP contribution >= 0.6 is 11.8 Å². The van der Waals surface area contributed by atoms with Crippen molar-refractivity contribution in [2.75, 3.05) is 29.7 Å². The Kier molecular flexibility index (Phi) is 10.3. The number of phenolic OH excluding ortho intramolecular Hbond substituents is 1. The Morgan fingerprint density at radius 2 is 1.66 bits per heavy atom. The molecule has 0 saturated carbocycles. The van der Waals surface area contributed by atoms with Crippen LogP contribution in [0.5, 0.6) is 5.75 Å². The monoisotopic (exact) mass is 571 g/mol. The number of carbonyl (C=O) groups is 2. The second-order valence-corrected chi connectivity index (χ2v) is 10.1. The van der Waals surface area contributed by atoms with E-state index in [2.05, 4.69) is 10.6 Å². The molecular formula is C32H33N3O5S. The van der Waals surface area contributed by atoms with E-state index in [0.29, 0.717) is 40.9 Å². The molecule has 41 heavy (non-hydrogen) atoms. The van der Waals surface area contributed by atoms with Crippen LogP contribution in [0.15, 0.2) is 102 Å². The smallest absolute Gasteiger partial charge is 0.412 e. The van der Waals surface area contributed by atoms with Crippen molar-refractivity contribution in [3.05, 3.63) is 103 Å². The molecule has 4 rings (SSSR count). The van der Waals surface area contributed by atoms with Gasteiger partial charge in [0.05, 0.1) is 17.5 Å². The van der Waals surface area contributed by atoms with Gasteiger partial charge in [0.25, 0.3) is 0 Å². The first-order chi connectivity index (χ1) is 19.9. The van der Waals surface area contributed by atoms with Gasteiger partial charge in [-0.3, -0.25) is 10.1 Å². The van der Waals surface area contributed by atoms with E-state index in [4.69, 9.17) is 15.2 Å². The van der Waals surface area contributed by atoms with Crippen molar-refractivity contribution in [2.24, 2.45) is 0 Å². The molecule has 0 saturated heterocycles. The predicted octanol–water partition coefficient (Wildman–Crippen LogP) is 7.13. The molecule has 0 aliphatic carbocycles. The summed E-state index contributed by atoms with van der Waals surface area (Å²) in [7, 11) is 1.55. The summed E-state index contributed by atoms with van der Waals surface area (Å²) >= 11 is 1.61. The highest BCUT2D eigenvalue weighted by molar-refractivity contribution is 7.98. The van der Waals surface area contributed by atoms with E-state index in [0.717, 1.165) is 10.3 Å². The van der Waals surface area contributed by atoms with E-state index in [1.807, 2.05) is 48.7 Å². The number of hydrogen-bond acceptors (Lipinski definition) is 7. The number of nitrogens with two attached hydrogens (primary N) is 1. The molecule has 2 atom stereocenters. The third-order valence-electron chi connectivity index (χ3n) is 6.56. The van der Waals surface area contributed by atoms with Crippen LogP contribution in [-0.4, -0.2) is 36.6 Å². The van der Waals surface area contributed by atoms with Crippen LogP contribution in [0.1, 0.15) is 24.5 Å². The Morgan fingerprint density at radius 3 is 2.37 bits per heavy atom. The number of phenols is 1. The molecular weight excluding hydrogens is 538 g/mol. The maximum Gasteiger partial charge on any atom is 0.412 e. The number of nitrogens with one attached hydrogen (secondary N) is 2. The van der Waals surface area contributed by atoms with Gasteiger partial charge >= 0.3 is 6.09 Å². The van der Waals surface area contributed by atoms with Gasteiger partial charge in [0, 0.05) is 28.6 Å². The minimum atomic E-state index is -0.803. The lowest BCUT2D eigenvalue weighted by Gasteiger charge is -2.27. The molecule has 0 radical (unpaired) electrons. The third kappa shape index (κ3) is 7.81.